The van der Waals surface area contributed by atoms with Gasteiger partial charge in [-0.1, -0.05) is 41.1 Å². The van der Waals surface area contributed by atoms with E-state index >= 15 is 0 Å². The molecule has 7 heteroatoms. The van der Waals surface area contributed by atoms with Crippen molar-refractivity contribution < 1.29 is 14.3 Å². The first-order chi connectivity index (χ1) is 12.9. The number of halogens is 1. The Balaban J connectivity index is 2.19. The Morgan fingerprint density at radius 3 is 2.63 bits per heavy atom. The van der Waals surface area contributed by atoms with Gasteiger partial charge in [-0.3, -0.25) is 9.59 Å². The zero-order valence-corrected chi connectivity index (χ0v) is 16.9. The first-order valence-corrected chi connectivity index (χ1v) is 9.70. The number of carbonyl (C=O) groups excluding carboxylic acids is 2. The van der Waals surface area contributed by atoms with Crippen molar-refractivity contribution in [3.63, 3.8) is 0 Å². The number of nitrogens with zero attached hydrogens (tertiary/aromatic N) is 2. The van der Waals surface area contributed by atoms with E-state index in [9.17, 15) is 9.59 Å². The van der Waals surface area contributed by atoms with E-state index in [1.165, 1.54) is 11.3 Å². The lowest BCUT2D eigenvalue weighted by Gasteiger charge is -2.08. The highest BCUT2D eigenvalue weighted by molar-refractivity contribution is 7.16. The molecule has 1 amide bonds. The molecule has 5 nitrogen and oxygen atoms in total. The molecule has 0 saturated heterocycles. The molecule has 0 aliphatic carbocycles. The molecule has 0 fully saturated rings. The van der Waals surface area contributed by atoms with Gasteiger partial charge in [0, 0.05) is 10.6 Å². The van der Waals surface area contributed by atoms with Crippen molar-refractivity contribution >= 4 is 45.0 Å². The van der Waals surface area contributed by atoms with Gasteiger partial charge in [0.2, 0.25) is 0 Å². The van der Waals surface area contributed by atoms with Gasteiger partial charge in [0.25, 0.3) is 5.91 Å². The molecule has 0 aliphatic rings. The van der Waals surface area contributed by atoms with Gasteiger partial charge in [-0.15, -0.1) is 0 Å². The van der Waals surface area contributed by atoms with Crippen LogP contribution < -0.4 is 4.80 Å². The first-order valence-electron chi connectivity index (χ1n) is 8.51. The quantitative estimate of drug-likeness (QED) is 0.612. The van der Waals surface area contributed by atoms with Crippen LogP contribution >= 0.6 is 22.9 Å². The van der Waals surface area contributed by atoms with Gasteiger partial charge in [-0.05, 0) is 50.1 Å². The zero-order chi connectivity index (χ0) is 19.6. The van der Waals surface area contributed by atoms with E-state index in [4.69, 9.17) is 16.3 Å². The number of esters is 1. The van der Waals surface area contributed by atoms with Crippen LogP contribution in [0.15, 0.2) is 41.4 Å². The molecule has 0 bridgehead atoms. The largest absolute Gasteiger partial charge is 0.465 e. The maximum Gasteiger partial charge on any atom is 0.326 e. The Bertz CT molecular complexity index is 1100. The van der Waals surface area contributed by atoms with Crippen molar-refractivity contribution in [2.75, 3.05) is 6.61 Å². The van der Waals surface area contributed by atoms with Crippen LogP contribution in [-0.2, 0) is 16.1 Å². The number of ether oxygens (including phenoxy) is 1. The van der Waals surface area contributed by atoms with E-state index < -0.39 is 0 Å². The van der Waals surface area contributed by atoms with E-state index in [0.29, 0.717) is 15.4 Å². The summed E-state index contributed by atoms with van der Waals surface area (Å²) in [5.41, 5.74) is 3.01. The molecule has 0 spiro atoms. The Labute approximate surface area is 165 Å². The van der Waals surface area contributed by atoms with Crippen molar-refractivity contribution in [2.45, 2.75) is 27.3 Å². The summed E-state index contributed by atoms with van der Waals surface area (Å²) in [6, 6.07) is 11.0. The standard InChI is InChI=1S/C20H19ClN2O3S/c1-4-26-17(24)11-23-18-13(3)15(21)9-10-16(18)27-20(23)22-19(25)14-8-6-5-7-12(14)2/h5-10H,4,11H2,1-3H3. The lowest BCUT2D eigenvalue weighted by atomic mass is 10.1. The summed E-state index contributed by atoms with van der Waals surface area (Å²) in [5.74, 6) is -0.734. The highest BCUT2D eigenvalue weighted by Crippen LogP contribution is 2.27. The molecular weight excluding hydrogens is 384 g/mol. The maximum atomic E-state index is 12.7. The predicted molar refractivity (Wildman–Crippen MR) is 107 cm³/mol. The van der Waals surface area contributed by atoms with Gasteiger partial charge in [0.15, 0.2) is 4.80 Å². The number of amides is 1. The second kappa shape index (κ2) is 8.06. The summed E-state index contributed by atoms with van der Waals surface area (Å²) < 4.78 is 7.69. The third-order valence-corrected chi connectivity index (χ3v) is 5.65. The normalized spacial score (nSPS) is 11.8. The van der Waals surface area contributed by atoms with Crippen LogP contribution in [0.2, 0.25) is 5.02 Å². The van der Waals surface area contributed by atoms with Gasteiger partial charge in [0.1, 0.15) is 6.54 Å². The van der Waals surface area contributed by atoms with Gasteiger partial charge in [-0.25, -0.2) is 0 Å². The fraction of sp³-hybridized carbons (Fsp3) is 0.250. The maximum absolute atomic E-state index is 12.7. The number of hydrogen-bond donors (Lipinski definition) is 0. The molecule has 1 heterocycles. The van der Waals surface area contributed by atoms with E-state index in [1.807, 2.05) is 32.0 Å². The van der Waals surface area contributed by atoms with Gasteiger partial charge in [-0.2, -0.15) is 4.99 Å². The third-order valence-electron chi connectivity index (χ3n) is 4.20. The second-order valence-corrected chi connectivity index (χ2v) is 7.44. The summed E-state index contributed by atoms with van der Waals surface area (Å²) in [6.07, 6.45) is 0. The number of thiazole rings is 1. The predicted octanol–water partition coefficient (Wildman–Crippen LogP) is 4.28. The summed E-state index contributed by atoms with van der Waals surface area (Å²) in [7, 11) is 0. The summed E-state index contributed by atoms with van der Waals surface area (Å²) in [4.78, 5) is 29.6. The molecule has 0 N–H and O–H groups in total. The topological polar surface area (TPSA) is 60.7 Å². The number of aromatic nitrogens is 1. The minimum absolute atomic E-state index is 0.0328. The van der Waals surface area contributed by atoms with Crippen LogP contribution in [0.1, 0.15) is 28.4 Å². The molecule has 0 atom stereocenters. The van der Waals surface area contributed by atoms with Crippen molar-refractivity contribution in [2.24, 2.45) is 4.99 Å². The van der Waals surface area contributed by atoms with E-state index in [1.54, 1.807) is 29.7 Å². The third kappa shape index (κ3) is 3.96. The number of aryl methyl sites for hydroxylation is 2. The van der Waals surface area contributed by atoms with Gasteiger partial charge < -0.3 is 9.30 Å². The van der Waals surface area contributed by atoms with Crippen LogP contribution in [0, 0.1) is 13.8 Å². The van der Waals surface area contributed by atoms with Crippen LogP contribution in [0.5, 0.6) is 0 Å². The number of fused-ring (bicyclic) bond motifs is 1. The monoisotopic (exact) mass is 402 g/mol. The summed E-state index contributed by atoms with van der Waals surface area (Å²) in [6.45, 7) is 5.75. The molecule has 27 heavy (non-hydrogen) atoms. The molecule has 0 radical (unpaired) electrons. The SMILES string of the molecule is CCOC(=O)Cn1c(=NC(=O)c2ccccc2C)sc2ccc(Cl)c(C)c21. The molecular formula is C20H19ClN2O3S. The number of carbonyl (C=O) groups is 2. The average Bonchev–Trinajstić information content (AvgIpc) is 2.96. The molecule has 3 rings (SSSR count). The van der Waals surface area contributed by atoms with Gasteiger partial charge >= 0.3 is 5.97 Å². The van der Waals surface area contributed by atoms with Crippen LogP contribution in [0.25, 0.3) is 10.2 Å². The molecule has 0 aliphatic heterocycles. The zero-order valence-electron chi connectivity index (χ0n) is 15.3. The van der Waals surface area contributed by atoms with Crippen molar-refractivity contribution in [3.8, 4) is 0 Å². The Hall–Kier alpha value is -2.44. The van der Waals surface area contributed by atoms with E-state index in [-0.39, 0.29) is 25.0 Å². The minimum atomic E-state index is -0.388. The number of hydrogen-bond acceptors (Lipinski definition) is 4. The van der Waals surface area contributed by atoms with E-state index in [0.717, 1.165) is 21.3 Å². The van der Waals surface area contributed by atoms with Crippen LogP contribution in [0.4, 0.5) is 0 Å². The first kappa shape index (κ1) is 19.3. The Kier molecular flexibility index (Phi) is 5.77. The average molecular weight is 403 g/mol. The summed E-state index contributed by atoms with van der Waals surface area (Å²) in [5, 5.41) is 0.592. The summed E-state index contributed by atoms with van der Waals surface area (Å²) >= 11 is 7.61. The van der Waals surface area contributed by atoms with Crippen molar-refractivity contribution in [1.29, 1.82) is 0 Å². The lowest BCUT2D eigenvalue weighted by Crippen LogP contribution is -2.23. The lowest BCUT2D eigenvalue weighted by molar-refractivity contribution is -0.143. The molecule has 3 aromatic rings. The van der Waals surface area contributed by atoms with Crippen molar-refractivity contribution in [3.05, 3.63) is 62.9 Å². The second-order valence-electron chi connectivity index (χ2n) is 6.03. The molecule has 2 aromatic carbocycles. The molecule has 0 unspecified atom stereocenters. The fourth-order valence-corrected chi connectivity index (χ4v) is 4.08. The molecule has 0 saturated carbocycles. The van der Waals surface area contributed by atoms with Crippen LogP contribution in [-0.4, -0.2) is 23.1 Å². The number of rotatable bonds is 4. The van der Waals surface area contributed by atoms with Crippen LogP contribution in [0.3, 0.4) is 0 Å². The number of benzene rings is 2. The Morgan fingerprint density at radius 1 is 1.19 bits per heavy atom. The minimum Gasteiger partial charge on any atom is -0.465 e. The van der Waals surface area contributed by atoms with Crippen molar-refractivity contribution in [1.82, 2.24) is 4.57 Å². The smallest absolute Gasteiger partial charge is 0.326 e. The highest BCUT2D eigenvalue weighted by Gasteiger charge is 2.16. The van der Waals surface area contributed by atoms with E-state index in [2.05, 4.69) is 4.99 Å². The molecule has 1 aromatic heterocycles. The molecule has 140 valence electrons. The van der Waals surface area contributed by atoms with Gasteiger partial charge in [0.05, 0.1) is 16.8 Å². The Morgan fingerprint density at radius 2 is 1.93 bits per heavy atom. The highest BCUT2D eigenvalue weighted by atomic mass is 35.5. The fourth-order valence-electron chi connectivity index (χ4n) is 2.84.